The van der Waals surface area contributed by atoms with Gasteiger partial charge in [0.15, 0.2) is 5.82 Å². The third-order valence-corrected chi connectivity index (χ3v) is 12.8. The molecule has 58 heavy (non-hydrogen) atoms. The van der Waals surface area contributed by atoms with Gasteiger partial charge in [-0.05, 0) is 59.5 Å². The number of hydrogen-bond donors (Lipinski definition) is 0. The SMILES string of the molecule is Cc1c(-c2cccc3oc4ccccc4c23)nc(-c2cccc(-c3ccccc3-c3ccccc3)c2)nc1-n1c2ccccc2c2ccc3c4ccccc4sc3c21. The minimum absolute atomic E-state index is 0.661. The van der Waals surface area contributed by atoms with Gasteiger partial charge in [0.05, 0.1) is 21.4 Å². The number of hydrogen-bond acceptors (Lipinski definition) is 4. The van der Waals surface area contributed by atoms with Gasteiger partial charge in [-0.1, -0.05) is 152 Å². The van der Waals surface area contributed by atoms with Crippen LogP contribution in [-0.4, -0.2) is 14.5 Å². The quantitative estimate of drug-likeness (QED) is 0.175. The summed E-state index contributed by atoms with van der Waals surface area (Å²) < 4.78 is 11.3. The van der Waals surface area contributed by atoms with Crippen LogP contribution in [0, 0.1) is 6.92 Å². The Kier molecular flexibility index (Phi) is 7.28. The molecule has 0 atom stereocenters. The van der Waals surface area contributed by atoms with E-state index >= 15 is 0 Å². The first kappa shape index (κ1) is 32.9. The molecule has 8 aromatic carbocycles. The number of benzene rings is 8. The van der Waals surface area contributed by atoms with Gasteiger partial charge in [0.1, 0.15) is 17.0 Å². The maximum absolute atomic E-state index is 6.43. The van der Waals surface area contributed by atoms with E-state index in [1.165, 1.54) is 42.1 Å². The molecule has 4 nitrogen and oxygen atoms in total. The molecular formula is C53H33N3OS. The average molecular weight is 760 g/mol. The Labute approximate surface area is 337 Å². The van der Waals surface area contributed by atoms with Gasteiger partial charge in [-0.2, -0.15) is 0 Å². The van der Waals surface area contributed by atoms with Gasteiger partial charge >= 0.3 is 0 Å². The van der Waals surface area contributed by atoms with Crippen molar-refractivity contribution in [3.05, 3.63) is 188 Å². The average Bonchev–Trinajstić information content (AvgIpc) is 3.97. The molecule has 0 saturated carbocycles. The predicted octanol–water partition coefficient (Wildman–Crippen LogP) is 14.8. The highest BCUT2D eigenvalue weighted by Gasteiger charge is 2.24. The standard InChI is InChI=1S/C53H33N3OS/c1-32-49(43-24-14-27-46-48(43)42-23-8-11-26-45(42)57-46)54-52(35-18-13-17-34(31-35)37-20-6-5-19-36(37)33-15-3-2-4-16-33)55-53(32)56-44-25-10-7-21-38(44)40-29-30-41-39-22-9-12-28-47(39)58-51(41)50(40)56/h2-31H,1H3. The van der Waals surface area contributed by atoms with Gasteiger partial charge in [0.2, 0.25) is 0 Å². The molecular weight excluding hydrogens is 727 g/mol. The molecule has 0 fully saturated rings. The Morgan fingerprint density at radius 3 is 2.00 bits per heavy atom. The normalized spacial score (nSPS) is 11.9. The van der Waals surface area contributed by atoms with Crippen molar-refractivity contribution in [1.82, 2.24) is 14.5 Å². The van der Waals surface area contributed by atoms with E-state index in [1.807, 2.05) is 23.5 Å². The highest BCUT2D eigenvalue weighted by atomic mass is 32.1. The van der Waals surface area contributed by atoms with E-state index < -0.39 is 0 Å². The van der Waals surface area contributed by atoms with Crippen LogP contribution in [0.4, 0.5) is 0 Å². The first-order valence-electron chi connectivity index (χ1n) is 19.6. The summed E-state index contributed by atoms with van der Waals surface area (Å²) in [6, 6.07) is 64.5. The molecule has 0 spiro atoms. The summed E-state index contributed by atoms with van der Waals surface area (Å²) in [6.45, 7) is 2.17. The highest BCUT2D eigenvalue weighted by Crippen LogP contribution is 2.45. The number of aromatic nitrogens is 3. The summed E-state index contributed by atoms with van der Waals surface area (Å²) in [4.78, 5) is 11.1. The number of fused-ring (bicyclic) bond motifs is 10. The van der Waals surface area contributed by atoms with E-state index in [2.05, 4.69) is 181 Å². The lowest BCUT2D eigenvalue weighted by Crippen LogP contribution is -2.06. The second-order valence-electron chi connectivity index (χ2n) is 14.9. The topological polar surface area (TPSA) is 43.9 Å². The van der Waals surface area contributed by atoms with Gasteiger partial charge in [-0.25, -0.2) is 9.97 Å². The van der Waals surface area contributed by atoms with E-state index in [-0.39, 0.29) is 0 Å². The number of rotatable bonds is 5. The van der Waals surface area contributed by atoms with Crippen molar-refractivity contribution in [3.63, 3.8) is 0 Å². The summed E-state index contributed by atoms with van der Waals surface area (Å²) in [5.74, 6) is 1.52. The molecule has 0 aliphatic rings. The Balaban J connectivity index is 1.18. The maximum atomic E-state index is 6.43. The van der Waals surface area contributed by atoms with Gasteiger partial charge < -0.3 is 4.42 Å². The zero-order valence-corrected chi connectivity index (χ0v) is 32.3. The Hall–Kier alpha value is -7.34. The van der Waals surface area contributed by atoms with Crippen molar-refractivity contribution in [2.24, 2.45) is 0 Å². The molecule has 12 rings (SSSR count). The van der Waals surface area contributed by atoms with E-state index in [9.17, 15) is 0 Å². The summed E-state index contributed by atoms with van der Waals surface area (Å²) in [5.41, 5.74) is 12.4. The van der Waals surface area contributed by atoms with Crippen LogP contribution in [0.2, 0.25) is 0 Å². The van der Waals surface area contributed by atoms with Crippen molar-refractivity contribution >= 4 is 75.3 Å². The summed E-state index contributed by atoms with van der Waals surface area (Å²) in [5, 5.41) is 7.05. The van der Waals surface area contributed by atoms with E-state index in [0.29, 0.717) is 5.82 Å². The third kappa shape index (κ3) is 4.93. The second kappa shape index (κ2) is 12.8. The summed E-state index contributed by atoms with van der Waals surface area (Å²) in [6.07, 6.45) is 0. The van der Waals surface area contributed by atoms with E-state index in [1.54, 1.807) is 0 Å². The van der Waals surface area contributed by atoms with Gasteiger partial charge in [0.25, 0.3) is 0 Å². The number of para-hydroxylation sites is 2. The monoisotopic (exact) mass is 759 g/mol. The van der Waals surface area contributed by atoms with Gasteiger partial charge in [-0.3, -0.25) is 4.57 Å². The number of thiophene rings is 1. The second-order valence-corrected chi connectivity index (χ2v) is 16.0. The molecule has 0 saturated heterocycles. The summed E-state index contributed by atoms with van der Waals surface area (Å²) in [7, 11) is 0. The number of furan rings is 1. The van der Waals surface area contributed by atoms with Crippen molar-refractivity contribution in [2.45, 2.75) is 6.92 Å². The Morgan fingerprint density at radius 1 is 0.483 bits per heavy atom. The zero-order valence-electron chi connectivity index (χ0n) is 31.5. The first-order chi connectivity index (χ1) is 28.7. The highest BCUT2D eigenvalue weighted by molar-refractivity contribution is 7.26. The molecule has 0 radical (unpaired) electrons. The van der Waals surface area contributed by atoms with Crippen LogP contribution in [0.25, 0.3) is 115 Å². The smallest absolute Gasteiger partial charge is 0.162 e. The Morgan fingerprint density at radius 2 is 1.12 bits per heavy atom. The van der Waals surface area contributed by atoms with Crippen molar-refractivity contribution < 1.29 is 4.42 Å². The van der Waals surface area contributed by atoms with E-state index in [4.69, 9.17) is 14.4 Å². The van der Waals surface area contributed by atoms with Gasteiger partial charge in [0, 0.05) is 53.7 Å². The molecule has 0 bridgehead atoms. The van der Waals surface area contributed by atoms with Crippen molar-refractivity contribution in [2.75, 3.05) is 0 Å². The molecule has 12 aromatic rings. The largest absolute Gasteiger partial charge is 0.456 e. The maximum Gasteiger partial charge on any atom is 0.162 e. The minimum atomic E-state index is 0.661. The molecule has 5 heteroatoms. The number of nitrogens with zero attached hydrogens (tertiary/aromatic N) is 3. The molecule has 0 aliphatic heterocycles. The minimum Gasteiger partial charge on any atom is -0.456 e. The molecule has 272 valence electrons. The summed E-state index contributed by atoms with van der Waals surface area (Å²) >= 11 is 1.85. The van der Waals surface area contributed by atoms with Crippen LogP contribution >= 0.6 is 11.3 Å². The zero-order chi connectivity index (χ0) is 38.3. The van der Waals surface area contributed by atoms with Crippen molar-refractivity contribution in [3.8, 4) is 50.7 Å². The third-order valence-electron chi connectivity index (χ3n) is 11.6. The fraction of sp³-hybridized carbons (Fsp3) is 0.0189. The van der Waals surface area contributed by atoms with Crippen LogP contribution in [0.15, 0.2) is 186 Å². The molecule has 4 aromatic heterocycles. The fourth-order valence-electron chi connectivity index (χ4n) is 8.97. The Bertz CT molecular complexity index is 3590. The molecule has 0 aliphatic carbocycles. The lowest BCUT2D eigenvalue weighted by Gasteiger charge is -2.17. The molecule has 0 N–H and O–H groups in total. The fourth-order valence-corrected chi connectivity index (χ4v) is 10.2. The lowest BCUT2D eigenvalue weighted by atomic mass is 9.93. The molecule has 0 unspecified atom stereocenters. The van der Waals surface area contributed by atoms with Crippen LogP contribution in [0.1, 0.15) is 5.56 Å². The van der Waals surface area contributed by atoms with Gasteiger partial charge in [-0.15, -0.1) is 11.3 Å². The predicted molar refractivity (Wildman–Crippen MR) is 243 cm³/mol. The van der Waals surface area contributed by atoms with Crippen LogP contribution < -0.4 is 0 Å². The van der Waals surface area contributed by atoms with Crippen LogP contribution in [-0.2, 0) is 0 Å². The first-order valence-corrected chi connectivity index (χ1v) is 20.4. The molecule has 0 amide bonds. The lowest BCUT2D eigenvalue weighted by molar-refractivity contribution is 0.669. The van der Waals surface area contributed by atoms with Crippen LogP contribution in [0.5, 0.6) is 0 Å². The van der Waals surface area contributed by atoms with E-state index in [0.717, 1.165) is 72.3 Å². The molecule has 4 heterocycles. The van der Waals surface area contributed by atoms with Crippen LogP contribution in [0.3, 0.4) is 0 Å². The van der Waals surface area contributed by atoms with Crippen molar-refractivity contribution in [1.29, 1.82) is 0 Å².